The quantitative estimate of drug-likeness (QED) is 0.778. The monoisotopic (exact) mass is 227 g/mol. The SMILES string of the molecule is CCOC1CC(NCC(C)(C)C)C1(C)CC. The first-order valence-corrected chi connectivity index (χ1v) is 6.68. The van der Waals surface area contributed by atoms with Gasteiger partial charge in [0.25, 0.3) is 0 Å². The van der Waals surface area contributed by atoms with Gasteiger partial charge < -0.3 is 10.1 Å². The Morgan fingerprint density at radius 2 is 1.94 bits per heavy atom. The highest BCUT2D eigenvalue weighted by Crippen LogP contribution is 2.46. The molecule has 1 aliphatic carbocycles. The van der Waals surface area contributed by atoms with E-state index >= 15 is 0 Å². The molecule has 1 fully saturated rings. The smallest absolute Gasteiger partial charge is 0.0658 e. The Bertz CT molecular complexity index is 221. The average Bonchev–Trinajstić information content (AvgIpc) is 2.19. The second-order valence-electron chi connectivity index (χ2n) is 6.53. The van der Waals surface area contributed by atoms with Crippen LogP contribution in [0.1, 0.15) is 54.4 Å². The number of nitrogens with one attached hydrogen (secondary N) is 1. The van der Waals surface area contributed by atoms with E-state index in [2.05, 4.69) is 46.9 Å². The summed E-state index contributed by atoms with van der Waals surface area (Å²) in [6.07, 6.45) is 2.83. The second kappa shape index (κ2) is 5.05. The van der Waals surface area contributed by atoms with Crippen LogP contribution in [0.3, 0.4) is 0 Å². The minimum Gasteiger partial charge on any atom is -0.378 e. The fraction of sp³-hybridized carbons (Fsp3) is 1.00. The molecule has 1 rings (SSSR count). The highest BCUT2D eigenvalue weighted by molar-refractivity contribution is 5.04. The first-order chi connectivity index (χ1) is 7.33. The number of hydrogen-bond acceptors (Lipinski definition) is 2. The molecule has 0 aromatic rings. The molecule has 0 spiro atoms. The molecule has 0 heterocycles. The summed E-state index contributed by atoms with van der Waals surface area (Å²) in [4.78, 5) is 0. The molecule has 3 unspecified atom stereocenters. The molecule has 0 aromatic carbocycles. The Morgan fingerprint density at radius 3 is 2.38 bits per heavy atom. The molecule has 96 valence electrons. The van der Waals surface area contributed by atoms with E-state index in [1.54, 1.807) is 0 Å². The second-order valence-corrected chi connectivity index (χ2v) is 6.53. The topological polar surface area (TPSA) is 21.3 Å². The van der Waals surface area contributed by atoms with Crippen LogP contribution in [0, 0.1) is 10.8 Å². The number of rotatable bonds is 5. The van der Waals surface area contributed by atoms with E-state index in [1.807, 2.05) is 0 Å². The molecule has 0 saturated heterocycles. The van der Waals surface area contributed by atoms with Gasteiger partial charge in [-0.15, -0.1) is 0 Å². The highest BCUT2D eigenvalue weighted by Gasteiger charge is 2.50. The maximum atomic E-state index is 5.81. The van der Waals surface area contributed by atoms with Gasteiger partial charge in [0.1, 0.15) is 0 Å². The van der Waals surface area contributed by atoms with Crippen LogP contribution in [0.4, 0.5) is 0 Å². The molecule has 0 amide bonds. The predicted octanol–water partition coefficient (Wildman–Crippen LogP) is 3.22. The molecule has 0 aliphatic heterocycles. The molecule has 16 heavy (non-hydrogen) atoms. The minimum absolute atomic E-state index is 0.335. The summed E-state index contributed by atoms with van der Waals surface area (Å²) in [7, 11) is 0. The van der Waals surface area contributed by atoms with Crippen molar-refractivity contribution in [2.24, 2.45) is 10.8 Å². The van der Waals surface area contributed by atoms with E-state index in [1.165, 1.54) is 12.8 Å². The Hall–Kier alpha value is -0.0800. The van der Waals surface area contributed by atoms with Gasteiger partial charge in [0.05, 0.1) is 6.10 Å². The summed E-state index contributed by atoms with van der Waals surface area (Å²) >= 11 is 0. The average molecular weight is 227 g/mol. The van der Waals surface area contributed by atoms with Crippen molar-refractivity contribution >= 4 is 0 Å². The first-order valence-electron chi connectivity index (χ1n) is 6.68. The summed E-state index contributed by atoms with van der Waals surface area (Å²) in [6, 6.07) is 0.633. The maximum absolute atomic E-state index is 5.81. The van der Waals surface area contributed by atoms with Crippen LogP contribution >= 0.6 is 0 Å². The minimum atomic E-state index is 0.335. The molecule has 0 radical (unpaired) electrons. The van der Waals surface area contributed by atoms with E-state index in [-0.39, 0.29) is 0 Å². The molecular formula is C14H29NO. The van der Waals surface area contributed by atoms with E-state index in [4.69, 9.17) is 4.74 Å². The van der Waals surface area contributed by atoms with Gasteiger partial charge in [-0.1, -0.05) is 34.6 Å². The Balaban J connectivity index is 2.46. The Labute approximate surface area is 101 Å². The van der Waals surface area contributed by atoms with Crippen molar-refractivity contribution in [3.05, 3.63) is 0 Å². The Morgan fingerprint density at radius 1 is 1.31 bits per heavy atom. The summed E-state index contributed by atoms with van der Waals surface area (Å²) < 4.78 is 5.81. The summed E-state index contributed by atoms with van der Waals surface area (Å²) in [5, 5.41) is 3.71. The zero-order chi connectivity index (χ0) is 12.4. The van der Waals surface area contributed by atoms with Gasteiger partial charge >= 0.3 is 0 Å². The lowest BCUT2D eigenvalue weighted by Crippen LogP contribution is -2.63. The van der Waals surface area contributed by atoms with Crippen LogP contribution in [0.25, 0.3) is 0 Å². The van der Waals surface area contributed by atoms with Gasteiger partial charge in [-0.2, -0.15) is 0 Å². The van der Waals surface area contributed by atoms with Gasteiger partial charge in [0.15, 0.2) is 0 Å². The van der Waals surface area contributed by atoms with E-state index < -0.39 is 0 Å². The lowest BCUT2D eigenvalue weighted by atomic mass is 9.61. The lowest BCUT2D eigenvalue weighted by molar-refractivity contribution is -0.126. The number of hydrogen-bond donors (Lipinski definition) is 1. The third-order valence-electron chi connectivity index (χ3n) is 3.99. The maximum Gasteiger partial charge on any atom is 0.0658 e. The van der Waals surface area contributed by atoms with Crippen LogP contribution in [0.5, 0.6) is 0 Å². The standard InChI is InChI=1S/C14H29NO/c1-7-14(6)11(9-12(14)16-8-2)15-10-13(3,4)5/h11-12,15H,7-10H2,1-6H3. The molecule has 2 heteroatoms. The van der Waals surface area contributed by atoms with Crippen LogP contribution in [-0.2, 0) is 4.74 Å². The third kappa shape index (κ3) is 2.98. The van der Waals surface area contributed by atoms with E-state index in [0.29, 0.717) is 23.0 Å². The fourth-order valence-electron chi connectivity index (χ4n) is 2.50. The Kier molecular flexibility index (Phi) is 4.42. The van der Waals surface area contributed by atoms with Crippen molar-refractivity contribution < 1.29 is 4.74 Å². The van der Waals surface area contributed by atoms with Crippen molar-refractivity contribution in [3.63, 3.8) is 0 Å². The van der Waals surface area contributed by atoms with Crippen LogP contribution in [0.15, 0.2) is 0 Å². The van der Waals surface area contributed by atoms with Crippen LogP contribution < -0.4 is 5.32 Å². The summed E-state index contributed by atoms with van der Waals surface area (Å²) in [5.41, 5.74) is 0.701. The normalized spacial score (nSPS) is 34.9. The third-order valence-corrected chi connectivity index (χ3v) is 3.99. The van der Waals surface area contributed by atoms with Crippen LogP contribution in [-0.4, -0.2) is 25.3 Å². The van der Waals surface area contributed by atoms with Crippen molar-refractivity contribution in [2.75, 3.05) is 13.2 Å². The molecule has 1 saturated carbocycles. The lowest BCUT2D eigenvalue weighted by Gasteiger charge is -2.54. The van der Waals surface area contributed by atoms with Gasteiger partial charge in [0, 0.05) is 24.6 Å². The van der Waals surface area contributed by atoms with Gasteiger partial charge in [-0.25, -0.2) is 0 Å². The molecule has 2 nitrogen and oxygen atoms in total. The zero-order valence-corrected chi connectivity index (χ0v) is 11.9. The molecular weight excluding hydrogens is 198 g/mol. The molecule has 1 aliphatic rings. The summed E-state index contributed by atoms with van der Waals surface area (Å²) in [6.45, 7) is 15.5. The predicted molar refractivity (Wildman–Crippen MR) is 69.7 cm³/mol. The highest BCUT2D eigenvalue weighted by atomic mass is 16.5. The van der Waals surface area contributed by atoms with Crippen molar-refractivity contribution in [3.8, 4) is 0 Å². The van der Waals surface area contributed by atoms with E-state index in [9.17, 15) is 0 Å². The molecule has 1 N–H and O–H groups in total. The van der Waals surface area contributed by atoms with Crippen molar-refractivity contribution in [2.45, 2.75) is 66.5 Å². The largest absolute Gasteiger partial charge is 0.378 e. The van der Waals surface area contributed by atoms with Crippen molar-refractivity contribution in [1.82, 2.24) is 5.32 Å². The fourth-order valence-corrected chi connectivity index (χ4v) is 2.50. The van der Waals surface area contributed by atoms with E-state index in [0.717, 1.165) is 13.2 Å². The van der Waals surface area contributed by atoms with Gasteiger partial charge in [-0.3, -0.25) is 0 Å². The van der Waals surface area contributed by atoms with Crippen LogP contribution in [0.2, 0.25) is 0 Å². The molecule has 0 aromatic heterocycles. The van der Waals surface area contributed by atoms with Gasteiger partial charge in [0.2, 0.25) is 0 Å². The molecule has 3 atom stereocenters. The molecule has 0 bridgehead atoms. The number of ether oxygens (including phenoxy) is 1. The first kappa shape index (κ1) is 14.0. The summed E-state index contributed by atoms with van der Waals surface area (Å²) in [5.74, 6) is 0. The zero-order valence-electron chi connectivity index (χ0n) is 11.9. The van der Waals surface area contributed by atoms with Gasteiger partial charge in [-0.05, 0) is 25.2 Å². The van der Waals surface area contributed by atoms with Crippen molar-refractivity contribution in [1.29, 1.82) is 0 Å².